The molecule has 0 N–H and O–H groups in total. The van der Waals surface area contributed by atoms with Crippen LogP contribution in [-0.2, 0) is 0 Å². The molecule has 0 unspecified atom stereocenters. The quantitative estimate of drug-likeness (QED) is 0.596. The summed E-state index contributed by atoms with van der Waals surface area (Å²) in [5.41, 5.74) is 0.274. The van der Waals surface area contributed by atoms with Gasteiger partial charge in [-0.2, -0.15) is 22.0 Å². The van der Waals surface area contributed by atoms with E-state index in [-0.39, 0.29) is 5.69 Å². The Morgan fingerprint density at radius 1 is 1.00 bits per heavy atom. The Kier molecular flexibility index (Phi) is 3.67. The average molecular weight is 257 g/mol. The van der Waals surface area contributed by atoms with Crippen molar-refractivity contribution in [1.82, 2.24) is 0 Å². The molecule has 0 aliphatic rings. The number of benzene rings is 1. The molecular weight excluding hydrogens is 249 g/mol. The standard InChI is InChI=1S/C9H8F5NS/c1-15(7-5-3-2-4-6-7)16-9(13,14)8(10,11)12/h2-6H,1H3. The normalized spacial score (nSPS) is 12.6. The van der Waals surface area contributed by atoms with Crippen molar-refractivity contribution < 1.29 is 22.0 Å². The van der Waals surface area contributed by atoms with Gasteiger partial charge in [0.25, 0.3) is 0 Å². The highest BCUT2D eigenvalue weighted by Crippen LogP contribution is 2.46. The lowest BCUT2D eigenvalue weighted by Crippen LogP contribution is -2.36. The highest BCUT2D eigenvalue weighted by Gasteiger charge is 2.59. The predicted octanol–water partition coefficient (Wildman–Crippen LogP) is 3.93. The molecule has 1 aromatic carbocycles. The summed E-state index contributed by atoms with van der Waals surface area (Å²) < 4.78 is 61.8. The van der Waals surface area contributed by atoms with Gasteiger partial charge in [-0.05, 0) is 12.1 Å². The number of rotatable bonds is 3. The molecule has 0 spiro atoms. The summed E-state index contributed by atoms with van der Waals surface area (Å²) in [7, 11) is 1.15. The van der Waals surface area contributed by atoms with E-state index in [0.717, 1.165) is 11.4 Å². The molecule has 16 heavy (non-hydrogen) atoms. The molecule has 7 heteroatoms. The molecule has 0 heterocycles. The zero-order valence-corrected chi connectivity index (χ0v) is 8.95. The van der Waals surface area contributed by atoms with Crippen molar-refractivity contribution in [3.8, 4) is 0 Å². The molecule has 1 aromatic rings. The van der Waals surface area contributed by atoms with Gasteiger partial charge in [0.2, 0.25) is 0 Å². The van der Waals surface area contributed by atoms with E-state index in [2.05, 4.69) is 0 Å². The van der Waals surface area contributed by atoms with E-state index < -0.39 is 23.4 Å². The lowest BCUT2D eigenvalue weighted by molar-refractivity contribution is -0.237. The number of alkyl halides is 5. The van der Waals surface area contributed by atoms with Gasteiger partial charge < -0.3 is 4.31 Å². The van der Waals surface area contributed by atoms with Crippen LogP contribution in [0.25, 0.3) is 0 Å². The van der Waals surface area contributed by atoms with Crippen molar-refractivity contribution in [3.05, 3.63) is 30.3 Å². The van der Waals surface area contributed by atoms with Crippen LogP contribution in [0.5, 0.6) is 0 Å². The van der Waals surface area contributed by atoms with Crippen LogP contribution in [0, 0.1) is 0 Å². The Balaban J connectivity index is 2.76. The van der Waals surface area contributed by atoms with Gasteiger partial charge in [0.15, 0.2) is 0 Å². The first kappa shape index (κ1) is 13.1. The van der Waals surface area contributed by atoms with Crippen LogP contribution in [0.2, 0.25) is 0 Å². The summed E-state index contributed by atoms with van der Waals surface area (Å²) in [6, 6.07) is 7.64. The third-order valence-electron chi connectivity index (χ3n) is 1.70. The number of halogens is 5. The Labute approximate surface area is 93.4 Å². The first-order chi connectivity index (χ1) is 7.24. The second-order valence-corrected chi connectivity index (χ2v) is 4.18. The Bertz CT molecular complexity index is 338. The smallest absolute Gasteiger partial charge is 0.314 e. The Morgan fingerprint density at radius 3 is 1.94 bits per heavy atom. The zero-order chi connectivity index (χ0) is 12.4. The summed E-state index contributed by atoms with van der Waals surface area (Å²) in [6.45, 7) is 0. The van der Waals surface area contributed by atoms with Gasteiger partial charge in [-0.15, -0.1) is 0 Å². The number of para-hydroxylation sites is 1. The minimum Gasteiger partial charge on any atom is -0.314 e. The van der Waals surface area contributed by atoms with E-state index in [1.165, 1.54) is 12.1 Å². The molecule has 1 nitrogen and oxygen atoms in total. The minimum absolute atomic E-state index is 0.274. The van der Waals surface area contributed by atoms with Crippen LogP contribution in [0.4, 0.5) is 27.6 Å². The van der Waals surface area contributed by atoms with Crippen molar-refractivity contribution in [1.29, 1.82) is 0 Å². The number of anilines is 1. The Hall–Kier alpha value is -0.980. The molecule has 0 saturated heterocycles. The van der Waals surface area contributed by atoms with Gasteiger partial charge in [0, 0.05) is 24.7 Å². The molecule has 0 saturated carbocycles. The average Bonchev–Trinajstić information content (AvgIpc) is 2.16. The van der Waals surface area contributed by atoms with Crippen molar-refractivity contribution in [2.75, 3.05) is 11.4 Å². The molecule has 0 bridgehead atoms. The lowest BCUT2D eigenvalue weighted by Gasteiger charge is -2.25. The maximum absolute atomic E-state index is 12.7. The third kappa shape index (κ3) is 3.01. The van der Waals surface area contributed by atoms with Gasteiger partial charge in [0.1, 0.15) is 0 Å². The van der Waals surface area contributed by atoms with Gasteiger partial charge in [0.05, 0.1) is 0 Å². The van der Waals surface area contributed by atoms with Crippen molar-refractivity contribution in [2.45, 2.75) is 11.4 Å². The molecule has 0 amide bonds. The second-order valence-electron chi connectivity index (χ2n) is 2.94. The molecule has 0 fully saturated rings. The molecule has 0 aliphatic heterocycles. The number of nitrogens with zero attached hydrogens (tertiary/aromatic N) is 1. The summed E-state index contributed by atoms with van der Waals surface area (Å²) in [5, 5.41) is -4.79. The lowest BCUT2D eigenvalue weighted by atomic mass is 10.3. The van der Waals surface area contributed by atoms with Crippen molar-refractivity contribution in [2.24, 2.45) is 0 Å². The van der Waals surface area contributed by atoms with E-state index in [0.29, 0.717) is 0 Å². The highest BCUT2D eigenvalue weighted by molar-refractivity contribution is 8.01. The molecule has 0 aliphatic carbocycles. The largest absolute Gasteiger partial charge is 0.465 e. The van der Waals surface area contributed by atoms with Gasteiger partial charge >= 0.3 is 11.4 Å². The van der Waals surface area contributed by atoms with E-state index in [4.69, 9.17) is 0 Å². The molecule has 0 aromatic heterocycles. The number of hydrogen-bond acceptors (Lipinski definition) is 2. The van der Waals surface area contributed by atoms with Crippen LogP contribution in [0.15, 0.2) is 30.3 Å². The van der Waals surface area contributed by atoms with E-state index >= 15 is 0 Å². The summed E-state index contributed by atoms with van der Waals surface area (Å²) >= 11 is -0.563. The fraction of sp³-hybridized carbons (Fsp3) is 0.333. The van der Waals surface area contributed by atoms with E-state index in [1.807, 2.05) is 0 Å². The Morgan fingerprint density at radius 2 is 1.50 bits per heavy atom. The minimum atomic E-state index is -5.55. The van der Waals surface area contributed by atoms with Gasteiger partial charge in [-0.25, -0.2) is 0 Å². The number of hydrogen-bond donors (Lipinski definition) is 0. The van der Waals surface area contributed by atoms with Crippen molar-refractivity contribution >= 4 is 17.6 Å². The van der Waals surface area contributed by atoms with E-state index in [1.54, 1.807) is 18.2 Å². The summed E-state index contributed by atoms with van der Waals surface area (Å²) in [6.07, 6.45) is -5.55. The first-order valence-corrected chi connectivity index (χ1v) is 4.94. The van der Waals surface area contributed by atoms with Crippen molar-refractivity contribution in [3.63, 3.8) is 0 Å². The third-order valence-corrected chi connectivity index (χ3v) is 2.65. The van der Waals surface area contributed by atoms with Gasteiger partial charge in [-0.1, -0.05) is 18.2 Å². The molecule has 90 valence electrons. The molecule has 1 rings (SSSR count). The van der Waals surface area contributed by atoms with E-state index in [9.17, 15) is 22.0 Å². The van der Waals surface area contributed by atoms with Crippen LogP contribution >= 0.6 is 11.9 Å². The summed E-state index contributed by atoms with van der Waals surface area (Å²) in [5.74, 6) is 0. The van der Waals surface area contributed by atoms with Crippen LogP contribution in [0.1, 0.15) is 0 Å². The first-order valence-electron chi connectivity index (χ1n) is 4.16. The summed E-state index contributed by atoms with van der Waals surface area (Å²) in [4.78, 5) is 0. The van der Waals surface area contributed by atoms with Gasteiger partial charge in [-0.3, -0.25) is 0 Å². The van der Waals surface area contributed by atoms with Crippen LogP contribution in [-0.4, -0.2) is 18.5 Å². The maximum atomic E-state index is 12.7. The second kappa shape index (κ2) is 4.48. The molecular formula is C9H8F5NS. The maximum Gasteiger partial charge on any atom is 0.465 e. The predicted molar refractivity (Wildman–Crippen MR) is 53.4 cm³/mol. The zero-order valence-electron chi connectivity index (χ0n) is 8.13. The molecule has 0 radical (unpaired) electrons. The monoisotopic (exact) mass is 257 g/mol. The topological polar surface area (TPSA) is 3.24 Å². The fourth-order valence-corrected chi connectivity index (χ4v) is 1.59. The SMILES string of the molecule is CN(SC(F)(F)C(F)(F)F)c1ccccc1. The van der Waals surface area contributed by atoms with Crippen LogP contribution in [0.3, 0.4) is 0 Å². The fourth-order valence-electron chi connectivity index (χ4n) is 0.914. The molecule has 0 atom stereocenters. The highest BCUT2D eigenvalue weighted by atomic mass is 32.2. The van der Waals surface area contributed by atoms with Crippen LogP contribution < -0.4 is 4.31 Å².